The van der Waals surface area contributed by atoms with E-state index in [0.29, 0.717) is 11.0 Å². The van der Waals surface area contributed by atoms with Crippen LogP contribution in [-0.4, -0.2) is 38.7 Å². The fraction of sp³-hybridized carbons (Fsp3) is 0.312. The van der Waals surface area contributed by atoms with Crippen LogP contribution in [0, 0.1) is 0 Å². The Bertz CT molecular complexity index is 866. The van der Waals surface area contributed by atoms with E-state index in [1.165, 1.54) is 11.3 Å². The average Bonchev–Trinajstić information content (AvgIpc) is 3.26. The Morgan fingerprint density at radius 3 is 2.87 bits per heavy atom. The van der Waals surface area contributed by atoms with Crippen LogP contribution in [0.2, 0.25) is 4.47 Å². The Hall–Kier alpha value is -1.92. The highest BCUT2D eigenvalue weighted by atomic mass is 35.5. The second kappa shape index (κ2) is 5.94. The molecule has 0 radical (unpaired) electrons. The van der Waals surface area contributed by atoms with Crippen molar-refractivity contribution in [3.05, 3.63) is 45.5 Å². The van der Waals surface area contributed by atoms with Crippen LogP contribution in [0.3, 0.4) is 0 Å². The van der Waals surface area contributed by atoms with Crippen molar-refractivity contribution in [1.29, 1.82) is 0 Å². The molecule has 118 valence electrons. The van der Waals surface area contributed by atoms with Crippen molar-refractivity contribution in [3.63, 3.8) is 0 Å². The Kier molecular flexibility index (Phi) is 3.79. The second-order valence-electron chi connectivity index (χ2n) is 5.69. The van der Waals surface area contributed by atoms with Crippen LogP contribution in [0.1, 0.15) is 28.9 Å². The van der Waals surface area contributed by atoms with Crippen molar-refractivity contribution in [2.45, 2.75) is 19.4 Å². The zero-order chi connectivity index (χ0) is 15.8. The SMILES string of the molecule is O=C(c1ccc2nn(Cc3csc(Cl)n3)cc2c1)N1CCCC1. The molecule has 0 atom stereocenters. The molecule has 3 aromatic rings. The summed E-state index contributed by atoms with van der Waals surface area (Å²) in [5, 5.41) is 7.42. The molecule has 0 unspecified atom stereocenters. The quantitative estimate of drug-likeness (QED) is 0.730. The van der Waals surface area contributed by atoms with Crippen molar-refractivity contribution in [3.8, 4) is 0 Å². The molecule has 1 amide bonds. The highest BCUT2D eigenvalue weighted by Gasteiger charge is 2.19. The highest BCUT2D eigenvalue weighted by Crippen LogP contribution is 2.20. The molecule has 3 heterocycles. The van der Waals surface area contributed by atoms with E-state index in [4.69, 9.17) is 11.6 Å². The summed E-state index contributed by atoms with van der Waals surface area (Å²) >= 11 is 7.27. The lowest BCUT2D eigenvalue weighted by Gasteiger charge is -2.14. The molecule has 0 bridgehead atoms. The van der Waals surface area contributed by atoms with Crippen LogP contribution in [0.5, 0.6) is 0 Å². The van der Waals surface area contributed by atoms with Crippen LogP contribution in [-0.2, 0) is 6.54 Å². The summed E-state index contributed by atoms with van der Waals surface area (Å²) < 4.78 is 2.37. The fourth-order valence-electron chi connectivity index (χ4n) is 2.91. The lowest BCUT2D eigenvalue weighted by molar-refractivity contribution is 0.0793. The van der Waals surface area contributed by atoms with Crippen molar-refractivity contribution in [2.75, 3.05) is 13.1 Å². The maximum atomic E-state index is 12.5. The van der Waals surface area contributed by atoms with Gasteiger partial charge in [-0.15, -0.1) is 11.3 Å². The van der Waals surface area contributed by atoms with E-state index in [-0.39, 0.29) is 5.91 Å². The van der Waals surface area contributed by atoms with Crippen molar-refractivity contribution >= 4 is 39.7 Å². The molecule has 4 rings (SSSR count). The molecule has 0 spiro atoms. The minimum Gasteiger partial charge on any atom is -0.339 e. The van der Waals surface area contributed by atoms with Gasteiger partial charge >= 0.3 is 0 Å². The van der Waals surface area contributed by atoms with Crippen molar-refractivity contribution in [1.82, 2.24) is 19.7 Å². The summed E-state index contributed by atoms with van der Waals surface area (Å²) in [6.07, 6.45) is 4.15. The summed E-state index contributed by atoms with van der Waals surface area (Å²) in [5.41, 5.74) is 2.50. The molecular formula is C16H15ClN4OS. The molecule has 1 aliphatic heterocycles. The summed E-state index contributed by atoms with van der Waals surface area (Å²) in [6.45, 7) is 2.30. The van der Waals surface area contributed by atoms with E-state index in [0.717, 1.165) is 48.1 Å². The average molecular weight is 347 g/mol. The minimum atomic E-state index is 0.114. The van der Waals surface area contributed by atoms with Gasteiger partial charge in [0.2, 0.25) is 0 Å². The Morgan fingerprint density at radius 2 is 2.13 bits per heavy atom. The molecule has 0 aliphatic carbocycles. The molecule has 1 aromatic carbocycles. The maximum absolute atomic E-state index is 12.5. The molecule has 23 heavy (non-hydrogen) atoms. The van der Waals surface area contributed by atoms with Crippen LogP contribution >= 0.6 is 22.9 Å². The summed E-state index contributed by atoms with van der Waals surface area (Å²) in [4.78, 5) is 18.6. The number of rotatable bonds is 3. The molecule has 1 fully saturated rings. The molecule has 7 heteroatoms. The molecular weight excluding hydrogens is 332 g/mol. The maximum Gasteiger partial charge on any atom is 0.253 e. The lowest BCUT2D eigenvalue weighted by atomic mass is 10.1. The number of amides is 1. The normalized spacial score (nSPS) is 14.7. The first-order valence-electron chi connectivity index (χ1n) is 7.55. The topological polar surface area (TPSA) is 51.0 Å². The van der Waals surface area contributed by atoms with Crippen LogP contribution < -0.4 is 0 Å². The third-order valence-electron chi connectivity index (χ3n) is 4.04. The van der Waals surface area contributed by atoms with Crippen molar-refractivity contribution < 1.29 is 4.79 Å². The van der Waals surface area contributed by atoms with Gasteiger partial charge in [-0.1, -0.05) is 11.6 Å². The van der Waals surface area contributed by atoms with Gasteiger partial charge in [0.15, 0.2) is 4.47 Å². The molecule has 0 N–H and O–H groups in total. The summed E-state index contributed by atoms with van der Waals surface area (Å²) in [6, 6.07) is 5.69. The number of halogens is 1. The largest absolute Gasteiger partial charge is 0.339 e. The van der Waals surface area contributed by atoms with E-state index >= 15 is 0 Å². The molecule has 2 aromatic heterocycles. The monoisotopic (exact) mass is 346 g/mol. The van der Waals surface area contributed by atoms with Gasteiger partial charge in [0, 0.05) is 35.6 Å². The number of carbonyl (C=O) groups excluding carboxylic acids is 1. The predicted octanol–water partition coefficient (Wildman–Crippen LogP) is 3.43. The summed E-state index contributed by atoms with van der Waals surface area (Å²) in [7, 11) is 0. The van der Waals surface area contributed by atoms with E-state index < -0.39 is 0 Å². The van der Waals surface area contributed by atoms with Gasteiger partial charge in [0.1, 0.15) is 0 Å². The van der Waals surface area contributed by atoms with E-state index in [2.05, 4.69) is 10.1 Å². The van der Waals surface area contributed by atoms with Gasteiger partial charge in [-0.25, -0.2) is 4.98 Å². The number of hydrogen-bond donors (Lipinski definition) is 0. The Morgan fingerprint density at radius 1 is 1.30 bits per heavy atom. The minimum absolute atomic E-state index is 0.114. The van der Waals surface area contributed by atoms with Gasteiger partial charge in [-0.3, -0.25) is 9.48 Å². The number of benzene rings is 1. The first kappa shape index (κ1) is 14.7. The second-order valence-corrected chi connectivity index (χ2v) is 7.13. The standard InChI is InChI=1S/C16H15ClN4OS/c17-16-18-13(10-23-16)9-21-8-12-7-11(3-4-14(12)19-21)15(22)20-5-1-2-6-20/h3-4,7-8,10H,1-2,5-6,9H2. The third-order valence-corrected chi connectivity index (χ3v) is 5.07. The van der Waals surface area contributed by atoms with Crippen LogP contribution in [0.4, 0.5) is 0 Å². The van der Waals surface area contributed by atoms with Crippen molar-refractivity contribution in [2.24, 2.45) is 0 Å². The Balaban J connectivity index is 1.60. The zero-order valence-electron chi connectivity index (χ0n) is 12.4. The van der Waals surface area contributed by atoms with Gasteiger partial charge in [-0.05, 0) is 31.0 Å². The Labute approximate surface area is 142 Å². The van der Waals surface area contributed by atoms with E-state index in [9.17, 15) is 4.79 Å². The van der Waals surface area contributed by atoms with Gasteiger partial charge in [-0.2, -0.15) is 5.10 Å². The zero-order valence-corrected chi connectivity index (χ0v) is 14.0. The third kappa shape index (κ3) is 2.96. The van der Waals surface area contributed by atoms with Crippen LogP contribution in [0.15, 0.2) is 29.8 Å². The molecule has 0 saturated carbocycles. The number of nitrogens with zero attached hydrogens (tertiary/aromatic N) is 4. The number of aromatic nitrogens is 3. The van der Waals surface area contributed by atoms with Gasteiger partial charge < -0.3 is 4.90 Å². The van der Waals surface area contributed by atoms with E-state index in [1.807, 2.05) is 39.4 Å². The number of hydrogen-bond acceptors (Lipinski definition) is 4. The fourth-order valence-corrected chi connectivity index (χ4v) is 3.69. The predicted molar refractivity (Wildman–Crippen MR) is 91.1 cm³/mol. The molecule has 5 nitrogen and oxygen atoms in total. The van der Waals surface area contributed by atoms with E-state index in [1.54, 1.807) is 0 Å². The molecule has 1 aliphatic rings. The first-order chi connectivity index (χ1) is 11.2. The summed E-state index contributed by atoms with van der Waals surface area (Å²) in [5.74, 6) is 0.114. The highest BCUT2D eigenvalue weighted by molar-refractivity contribution is 7.13. The smallest absolute Gasteiger partial charge is 0.253 e. The number of likely N-dealkylation sites (tertiary alicyclic amines) is 1. The molecule has 1 saturated heterocycles. The van der Waals surface area contributed by atoms with Gasteiger partial charge in [0.05, 0.1) is 17.8 Å². The van der Waals surface area contributed by atoms with Crippen LogP contribution in [0.25, 0.3) is 10.9 Å². The number of fused-ring (bicyclic) bond motifs is 1. The lowest BCUT2D eigenvalue weighted by Crippen LogP contribution is -2.27. The number of carbonyl (C=O) groups is 1. The number of thiazole rings is 1. The first-order valence-corrected chi connectivity index (χ1v) is 8.81. The van der Waals surface area contributed by atoms with Gasteiger partial charge in [0.25, 0.3) is 5.91 Å².